The molecule has 2 rings (SSSR count). The number of fused-ring (bicyclic) bond motifs is 1. The fourth-order valence-corrected chi connectivity index (χ4v) is 1.86. The van der Waals surface area contributed by atoms with Crippen molar-refractivity contribution in [2.24, 2.45) is 0 Å². The van der Waals surface area contributed by atoms with Crippen LogP contribution in [0.3, 0.4) is 0 Å². The highest BCUT2D eigenvalue weighted by Crippen LogP contribution is 2.12. The molecule has 1 N–H and O–H groups in total. The summed E-state index contributed by atoms with van der Waals surface area (Å²) in [4.78, 5) is 11.7. The molecule has 96 valence electrons. The minimum Gasteiger partial charge on any atom is -0.354 e. The Kier molecular flexibility index (Phi) is 3.97. The summed E-state index contributed by atoms with van der Waals surface area (Å²) in [5, 5.41) is 8.37. The monoisotopic (exact) mass is 245 g/mol. The van der Waals surface area contributed by atoms with Crippen molar-refractivity contribution >= 4 is 16.8 Å². The Morgan fingerprint density at radius 1 is 1.44 bits per heavy atom. The summed E-state index contributed by atoms with van der Waals surface area (Å²) in [5.74, 6) is 0.0870. The molecule has 0 fully saturated rings. The second-order valence-electron chi connectivity index (χ2n) is 4.55. The van der Waals surface area contributed by atoms with Crippen molar-refractivity contribution in [2.45, 2.75) is 39.3 Å². The number of benzene rings is 1. The summed E-state index contributed by atoms with van der Waals surface area (Å²) in [6.07, 6.45) is 3.26. The molecule has 18 heavy (non-hydrogen) atoms. The summed E-state index contributed by atoms with van der Waals surface area (Å²) in [6, 6.07) is 8.27. The Morgan fingerprint density at radius 3 is 3.00 bits per heavy atom. The average Bonchev–Trinajstić information content (AvgIpc) is 2.79. The molecular formula is C14H19N3O. The lowest BCUT2D eigenvalue weighted by Crippen LogP contribution is -2.32. The Bertz CT molecular complexity index is 533. The highest BCUT2D eigenvalue weighted by Gasteiger charge is 2.07. The second kappa shape index (κ2) is 5.67. The number of carbonyl (C=O) groups excluding carboxylic acids is 1. The maximum absolute atomic E-state index is 11.7. The van der Waals surface area contributed by atoms with Crippen LogP contribution in [0.4, 0.5) is 0 Å². The summed E-state index contributed by atoms with van der Waals surface area (Å²) >= 11 is 0. The van der Waals surface area contributed by atoms with E-state index in [-0.39, 0.29) is 11.9 Å². The fraction of sp³-hybridized carbons (Fsp3) is 0.429. The third kappa shape index (κ3) is 2.88. The normalized spacial score (nSPS) is 12.6. The highest BCUT2D eigenvalue weighted by molar-refractivity contribution is 5.79. The van der Waals surface area contributed by atoms with Gasteiger partial charge < -0.3 is 5.32 Å². The minimum absolute atomic E-state index is 0.0870. The number of aryl methyl sites for hydroxylation is 1. The molecule has 0 bridgehead atoms. The standard InChI is InChI=1S/C14H19N3O/c1-3-11(2)16-14(18)8-9-17-13-7-5-4-6-12(13)10-15-17/h4-7,10-11H,3,8-9H2,1-2H3,(H,16,18). The van der Waals surface area contributed by atoms with Gasteiger partial charge in [0, 0.05) is 17.8 Å². The van der Waals surface area contributed by atoms with Gasteiger partial charge in [0.25, 0.3) is 0 Å². The second-order valence-corrected chi connectivity index (χ2v) is 4.55. The zero-order valence-electron chi connectivity index (χ0n) is 10.9. The zero-order valence-corrected chi connectivity index (χ0v) is 10.9. The number of amides is 1. The van der Waals surface area contributed by atoms with E-state index in [4.69, 9.17) is 0 Å². The summed E-state index contributed by atoms with van der Waals surface area (Å²) in [7, 11) is 0. The molecule has 1 heterocycles. The molecule has 0 aliphatic carbocycles. The van der Waals surface area contributed by atoms with Crippen LogP contribution in [-0.4, -0.2) is 21.7 Å². The molecule has 1 unspecified atom stereocenters. The Hall–Kier alpha value is -1.84. The number of nitrogens with zero attached hydrogens (tertiary/aromatic N) is 2. The minimum atomic E-state index is 0.0870. The lowest BCUT2D eigenvalue weighted by Gasteiger charge is -2.11. The van der Waals surface area contributed by atoms with Gasteiger partial charge in [-0.2, -0.15) is 5.10 Å². The predicted octanol–water partition coefficient (Wildman–Crippen LogP) is 2.34. The first-order valence-corrected chi connectivity index (χ1v) is 6.40. The zero-order chi connectivity index (χ0) is 13.0. The molecule has 0 saturated carbocycles. The number of hydrogen-bond acceptors (Lipinski definition) is 2. The maximum Gasteiger partial charge on any atom is 0.222 e. The number of hydrogen-bond donors (Lipinski definition) is 1. The Morgan fingerprint density at radius 2 is 2.22 bits per heavy atom. The molecule has 0 aliphatic heterocycles. The number of aromatic nitrogens is 2. The smallest absolute Gasteiger partial charge is 0.222 e. The van der Waals surface area contributed by atoms with Crippen LogP contribution >= 0.6 is 0 Å². The molecule has 0 radical (unpaired) electrons. The van der Waals surface area contributed by atoms with E-state index in [1.54, 1.807) is 0 Å². The first-order chi connectivity index (χ1) is 8.70. The molecular weight excluding hydrogens is 226 g/mol. The van der Waals surface area contributed by atoms with Gasteiger partial charge in [-0.05, 0) is 19.4 Å². The largest absolute Gasteiger partial charge is 0.354 e. The van der Waals surface area contributed by atoms with E-state index in [0.29, 0.717) is 13.0 Å². The molecule has 1 amide bonds. The van der Waals surface area contributed by atoms with Crippen molar-refractivity contribution in [3.8, 4) is 0 Å². The SMILES string of the molecule is CCC(C)NC(=O)CCn1ncc2ccccc21. The van der Waals surface area contributed by atoms with Crippen molar-refractivity contribution in [1.82, 2.24) is 15.1 Å². The van der Waals surface area contributed by atoms with E-state index >= 15 is 0 Å². The molecule has 1 aromatic carbocycles. The average molecular weight is 245 g/mol. The first-order valence-electron chi connectivity index (χ1n) is 6.40. The molecule has 2 aromatic rings. The van der Waals surface area contributed by atoms with Gasteiger partial charge in [0.2, 0.25) is 5.91 Å². The lowest BCUT2D eigenvalue weighted by molar-refractivity contribution is -0.121. The molecule has 0 aliphatic rings. The van der Waals surface area contributed by atoms with E-state index in [1.165, 1.54) is 0 Å². The maximum atomic E-state index is 11.7. The van der Waals surface area contributed by atoms with Gasteiger partial charge in [-0.1, -0.05) is 25.1 Å². The Balaban J connectivity index is 1.96. The van der Waals surface area contributed by atoms with Crippen LogP contribution < -0.4 is 5.32 Å². The molecule has 0 saturated heterocycles. The van der Waals surface area contributed by atoms with Gasteiger partial charge in [0.15, 0.2) is 0 Å². The third-order valence-corrected chi connectivity index (χ3v) is 3.12. The number of para-hydroxylation sites is 1. The molecule has 4 heteroatoms. The third-order valence-electron chi connectivity index (χ3n) is 3.12. The number of carbonyl (C=O) groups is 1. The number of nitrogens with one attached hydrogen (secondary N) is 1. The van der Waals surface area contributed by atoms with Gasteiger partial charge in [0.05, 0.1) is 18.3 Å². The summed E-state index contributed by atoms with van der Waals surface area (Å²) < 4.78 is 1.88. The van der Waals surface area contributed by atoms with Gasteiger partial charge in [-0.3, -0.25) is 9.48 Å². The highest BCUT2D eigenvalue weighted by atomic mass is 16.1. The molecule has 1 aromatic heterocycles. The van der Waals surface area contributed by atoms with E-state index in [9.17, 15) is 4.79 Å². The fourth-order valence-electron chi connectivity index (χ4n) is 1.86. The van der Waals surface area contributed by atoms with E-state index in [1.807, 2.05) is 42.1 Å². The van der Waals surface area contributed by atoms with Crippen molar-refractivity contribution < 1.29 is 4.79 Å². The van der Waals surface area contributed by atoms with Crippen molar-refractivity contribution in [1.29, 1.82) is 0 Å². The van der Waals surface area contributed by atoms with Gasteiger partial charge >= 0.3 is 0 Å². The number of rotatable bonds is 5. The van der Waals surface area contributed by atoms with Crippen LogP contribution in [0, 0.1) is 0 Å². The van der Waals surface area contributed by atoms with Crippen molar-refractivity contribution in [3.63, 3.8) is 0 Å². The van der Waals surface area contributed by atoms with E-state index < -0.39 is 0 Å². The van der Waals surface area contributed by atoms with Gasteiger partial charge in [-0.15, -0.1) is 0 Å². The lowest BCUT2D eigenvalue weighted by atomic mass is 10.2. The van der Waals surface area contributed by atoms with E-state index in [2.05, 4.69) is 17.3 Å². The van der Waals surface area contributed by atoms with Crippen LogP contribution in [0.2, 0.25) is 0 Å². The summed E-state index contributed by atoms with van der Waals surface area (Å²) in [5.41, 5.74) is 1.08. The molecule has 1 atom stereocenters. The Labute approximate surface area is 107 Å². The molecule has 0 spiro atoms. The van der Waals surface area contributed by atoms with Crippen LogP contribution in [0.1, 0.15) is 26.7 Å². The van der Waals surface area contributed by atoms with E-state index in [0.717, 1.165) is 17.3 Å². The van der Waals surface area contributed by atoms with Gasteiger partial charge in [-0.25, -0.2) is 0 Å². The predicted molar refractivity (Wildman–Crippen MR) is 72.2 cm³/mol. The van der Waals surface area contributed by atoms with Crippen LogP contribution in [0.5, 0.6) is 0 Å². The van der Waals surface area contributed by atoms with Crippen molar-refractivity contribution in [3.05, 3.63) is 30.5 Å². The summed E-state index contributed by atoms with van der Waals surface area (Å²) in [6.45, 7) is 4.70. The molecule has 4 nitrogen and oxygen atoms in total. The first kappa shape index (κ1) is 12.6. The quantitative estimate of drug-likeness (QED) is 0.879. The van der Waals surface area contributed by atoms with Crippen molar-refractivity contribution in [2.75, 3.05) is 0 Å². The van der Waals surface area contributed by atoms with Crippen LogP contribution in [0.15, 0.2) is 30.5 Å². The van der Waals surface area contributed by atoms with Crippen LogP contribution in [0.25, 0.3) is 10.9 Å². The van der Waals surface area contributed by atoms with Gasteiger partial charge in [0.1, 0.15) is 0 Å². The topological polar surface area (TPSA) is 46.9 Å². The van der Waals surface area contributed by atoms with Crippen LogP contribution in [-0.2, 0) is 11.3 Å².